The van der Waals surface area contributed by atoms with Gasteiger partial charge in [0.1, 0.15) is 0 Å². The number of urea groups is 1. The summed E-state index contributed by atoms with van der Waals surface area (Å²) < 4.78 is 0. The van der Waals surface area contributed by atoms with Crippen LogP contribution in [0.25, 0.3) is 0 Å². The van der Waals surface area contributed by atoms with Crippen LogP contribution in [-0.2, 0) is 4.79 Å². The highest BCUT2D eigenvalue weighted by Crippen LogP contribution is 2.34. The molecule has 0 bridgehead atoms. The third-order valence-corrected chi connectivity index (χ3v) is 5.70. The number of carbonyl (C=O) groups is 2. The van der Waals surface area contributed by atoms with Crippen molar-refractivity contribution in [2.24, 2.45) is 11.3 Å². The third kappa shape index (κ3) is 3.40. The Kier molecular flexibility index (Phi) is 4.83. The molecular formula is C14H24N2O3S. The molecule has 0 aromatic carbocycles. The normalized spacial score (nSPS) is 27.4. The van der Waals surface area contributed by atoms with Gasteiger partial charge in [-0.2, -0.15) is 11.8 Å². The third-order valence-electron chi connectivity index (χ3n) is 4.54. The van der Waals surface area contributed by atoms with Gasteiger partial charge in [0, 0.05) is 24.9 Å². The van der Waals surface area contributed by atoms with Crippen LogP contribution in [0.3, 0.4) is 0 Å². The maximum atomic E-state index is 12.3. The summed E-state index contributed by atoms with van der Waals surface area (Å²) >= 11 is 1.87. The number of rotatable bonds is 3. The van der Waals surface area contributed by atoms with Crippen LogP contribution in [-0.4, -0.2) is 52.6 Å². The van der Waals surface area contributed by atoms with Crippen LogP contribution < -0.4 is 5.32 Å². The summed E-state index contributed by atoms with van der Waals surface area (Å²) in [6.45, 7) is 4.80. The number of carboxylic acids is 1. The highest BCUT2D eigenvalue weighted by molar-refractivity contribution is 7.99. The molecule has 0 saturated carbocycles. The van der Waals surface area contributed by atoms with E-state index in [1.54, 1.807) is 18.7 Å². The first-order chi connectivity index (χ1) is 9.41. The number of piperidine rings is 1. The lowest BCUT2D eigenvalue weighted by atomic mass is 9.74. The number of amides is 2. The predicted molar refractivity (Wildman–Crippen MR) is 80.0 cm³/mol. The molecule has 2 heterocycles. The van der Waals surface area contributed by atoms with E-state index in [1.807, 2.05) is 11.8 Å². The largest absolute Gasteiger partial charge is 0.481 e. The molecule has 0 aromatic heterocycles. The molecule has 0 spiro atoms. The van der Waals surface area contributed by atoms with E-state index in [1.165, 1.54) is 0 Å². The number of aliphatic carboxylic acids is 1. The van der Waals surface area contributed by atoms with Gasteiger partial charge in [-0.25, -0.2) is 4.79 Å². The lowest BCUT2D eigenvalue weighted by molar-refractivity contribution is -0.151. The fraction of sp³-hybridized carbons (Fsp3) is 0.857. The minimum Gasteiger partial charge on any atom is -0.481 e. The first-order valence-electron chi connectivity index (χ1n) is 7.28. The highest BCUT2D eigenvalue weighted by atomic mass is 32.2. The molecule has 2 amide bonds. The van der Waals surface area contributed by atoms with Crippen molar-refractivity contribution in [1.82, 2.24) is 10.2 Å². The van der Waals surface area contributed by atoms with Gasteiger partial charge < -0.3 is 15.3 Å². The molecule has 6 heteroatoms. The second kappa shape index (κ2) is 6.24. The zero-order valence-electron chi connectivity index (χ0n) is 12.2. The number of hydrogen-bond donors (Lipinski definition) is 2. The Morgan fingerprint density at radius 3 is 2.70 bits per heavy atom. The van der Waals surface area contributed by atoms with Crippen molar-refractivity contribution in [2.45, 2.75) is 39.2 Å². The molecule has 2 saturated heterocycles. The smallest absolute Gasteiger partial charge is 0.317 e. The van der Waals surface area contributed by atoms with Crippen molar-refractivity contribution >= 4 is 23.8 Å². The maximum Gasteiger partial charge on any atom is 0.317 e. The summed E-state index contributed by atoms with van der Waals surface area (Å²) in [4.78, 5) is 25.4. The fourth-order valence-electron chi connectivity index (χ4n) is 2.84. The van der Waals surface area contributed by atoms with Crippen LogP contribution in [0.2, 0.25) is 0 Å². The Morgan fingerprint density at radius 1 is 1.35 bits per heavy atom. The molecule has 0 aliphatic carbocycles. The van der Waals surface area contributed by atoms with Crippen LogP contribution in [0.4, 0.5) is 4.79 Å². The predicted octanol–water partition coefficient (Wildman–Crippen LogP) is 2.02. The molecule has 2 aliphatic heterocycles. The Bertz CT molecular complexity index is 381. The molecule has 0 radical (unpaired) electrons. The summed E-state index contributed by atoms with van der Waals surface area (Å²) in [6, 6.07) is 0.253. The van der Waals surface area contributed by atoms with Crippen molar-refractivity contribution in [1.29, 1.82) is 0 Å². The lowest BCUT2D eigenvalue weighted by Crippen LogP contribution is -2.51. The Morgan fingerprint density at radius 2 is 2.10 bits per heavy atom. The number of hydrogen-bond acceptors (Lipinski definition) is 3. The monoisotopic (exact) mass is 300 g/mol. The Hall–Kier alpha value is -0.910. The number of carboxylic acid groups (broad SMARTS) is 1. The van der Waals surface area contributed by atoms with Crippen molar-refractivity contribution < 1.29 is 14.7 Å². The summed E-state index contributed by atoms with van der Waals surface area (Å²) in [5.74, 6) is 1.35. The van der Waals surface area contributed by atoms with Gasteiger partial charge in [-0.3, -0.25) is 4.79 Å². The lowest BCUT2D eigenvalue weighted by Gasteiger charge is -2.39. The standard InChI is InChI=1S/C14H24N2O3S/c1-14(2,12(17)18)10-4-3-6-16(8-10)13(19)15-11-5-7-20-9-11/h10-11H,3-9H2,1-2H3,(H,15,19)(H,17,18). The molecule has 2 rings (SSSR count). The zero-order valence-corrected chi connectivity index (χ0v) is 13.0. The number of thioether (sulfide) groups is 1. The van der Waals surface area contributed by atoms with Crippen molar-refractivity contribution in [3.8, 4) is 0 Å². The van der Waals surface area contributed by atoms with Crippen LogP contribution in [0.15, 0.2) is 0 Å². The van der Waals surface area contributed by atoms with Crippen molar-refractivity contribution in [3.05, 3.63) is 0 Å². The second-order valence-electron chi connectivity index (χ2n) is 6.32. The van der Waals surface area contributed by atoms with E-state index in [4.69, 9.17) is 0 Å². The maximum absolute atomic E-state index is 12.3. The average molecular weight is 300 g/mol. The van der Waals surface area contributed by atoms with Gasteiger partial charge in [-0.1, -0.05) is 0 Å². The quantitative estimate of drug-likeness (QED) is 0.836. The zero-order chi connectivity index (χ0) is 14.8. The summed E-state index contributed by atoms with van der Waals surface area (Å²) in [5, 5.41) is 12.4. The molecule has 0 aromatic rings. The number of nitrogens with zero attached hydrogens (tertiary/aromatic N) is 1. The first-order valence-corrected chi connectivity index (χ1v) is 8.43. The molecule has 2 aliphatic rings. The summed E-state index contributed by atoms with van der Waals surface area (Å²) in [5.41, 5.74) is -0.776. The molecule has 2 fully saturated rings. The van der Waals surface area contributed by atoms with E-state index < -0.39 is 11.4 Å². The van der Waals surface area contributed by atoms with Gasteiger partial charge in [0.25, 0.3) is 0 Å². The minimum absolute atomic E-state index is 0.0246. The number of nitrogens with one attached hydrogen (secondary N) is 1. The molecule has 114 valence electrons. The minimum atomic E-state index is -0.781. The van der Waals surface area contributed by atoms with E-state index in [9.17, 15) is 14.7 Å². The highest BCUT2D eigenvalue weighted by Gasteiger charge is 2.40. The van der Waals surface area contributed by atoms with Gasteiger partial charge >= 0.3 is 12.0 Å². The van der Waals surface area contributed by atoms with Gasteiger partial charge in [-0.05, 0) is 44.8 Å². The van der Waals surface area contributed by atoms with E-state index in [-0.39, 0.29) is 18.0 Å². The number of carbonyl (C=O) groups excluding carboxylic acids is 1. The van der Waals surface area contributed by atoms with Gasteiger partial charge in [-0.15, -0.1) is 0 Å². The summed E-state index contributed by atoms with van der Waals surface area (Å²) in [6.07, 6.45) is 2.80. The van der Waals surface area contributed by atoms with E-state index in [0.29, 0.717) is 6.54 Å². The van der Waals surface area contributed by atoms with E-state index in [2.05, 4.69) is 5.32 Å². The van der Waals surface area contributed by atoms with E-state index in [0.717, 1.165) is 37.3 Å². The van der Waals surface area contributed by atoms with Crippen molar-refractivity contribution in [2.75, 3.05) is 24.6 Å². The Balaban J connectivity index is 1.92. The summed E-state index contributed by atoms with van der Waals surface area (Å²) in [7, 11) is 0. The molecule has 2 N–H and O–H groups in total. The Labute approximate surface area is 124 Å². The van der Waals surface area contributed by atoms with Crippen LogP contribution in [0.1, 0.15) is 33.1 Å². The van der Waals surface area contributed by atoms with Gasteiger partial charge in [0.05, 0.1) is 5.41 Å². The molecule has 20 heavy (non-hydrogen) atoms. The van der Waals surface area contributed by atoms with Crippen molar-refractivity contribution in [3.63, 3.8) is 0 Å². The molecule has 2 atom stereocenters. The van der Waals surface area contributed by atoms with Crippen LogP contribution >= 0.6 is 11.8 Å². The second-order valence-corrected chi connectivity index (χ2v) is 7.47. The molecule has 2 unspecified atom stereocenters. The molecule has 5 nitrogen and oxygen atoms in total. The topological polar surface area (TPSA) is 69.6 Å². The fourth-order valence-corrected chi connectivity index (χ4v) is 3.99. The van der Waals surface area contributed by atoms with Crippen LogP contribution in [0.5, 0.6) is 0 Å². The van der Waals surface area contributed by atoms with Gasteiger partial charge in [0.2, 0.25) is 0 Å². The van der Waals surface area contributed by atoms with Gasteiger partial charge in [0.15, 0.2) is 0 Å². The SMILES string of the molecule is CC(C)(C(=O)O)C1CCCN(C(=O)NC2CCSC2)C1. The first kappa shape index (κ1) is 15.5. The van der Waals surface area contributed by atoms with E-state index >= 15 is 0 Å². The molecular weight excluding hydrogens is 276 g/mol. The average Bonchev–Trinajstić information content (AvgIpc) is 2.91. The van der Waals surface area contributed by atoms with Crippen LogP contribution in [0, 0.1) is 11.3 Å². The number of likely N-dealkylation sites (tertiary alicyclic amines) is 1.